The van der Waals surface area contributed by atoms with Crippen molar-refractivity contribution in [2.45, 2.75) is 13.2 Å². The fourth-order valence-electron chi connectivity index (χ4n) is 1.23. The van der Waals surface area contributed by atoms with Crippen LogP contribution in [0, 0.1) is 0 Å². The SMILES string of the molecule is COCCOC(C)OC(=O)c1ccccc1N. The van der Waals surface area contributed by atoms with Gasteiger partial charge in [0.05, 0.1) is 18.8 Å². The molecule has 0 aliphatic carbocycles. The van der Waals surface area contributed by atoms with Crippen LogP contribution in [-0.2, 0) is 14.2 Å². The number of benzene rings is 1. The van der Waals surface area contributed by atoms with E-state index in [1.807, 2.05) is 0 Å². The minimum absolute atomic E-state index is 0.342. The zero-order valence-electron chi connectivity index (χ0n) is 10.0. The second-order valence-electron chi connectivity index (χ2n) is 3.42. The van der Waals surface area contributed by atoms with Gasteiger partial charge in [0.15, 0.2) is 0 Å². The van der Waals surface area contributed by atoms with E-state index in [1.165, 1.54) is 0 Å². The molecule has 0 saturated carbocycles. The Morgan fingerprint density at radius 1 is 1.35 bits per heavy atom. The van der Waals surface area contributed by atoms with E-state index in [0.717, 1.165) is 0 Å². The first-order chi connectivity index (χ1) is 8.15. The normalized spacial score (nSPS) is 12.1. The molecule has 1 unspecified atom stereocenters. The highest BCUT2D eigenvalue weighted by Gasteiger charge is 2.14. The number of hydrogen-bond donors (Lipinski definition) is 1. The number of para-hydroxylation sites is 1. The van der Waals surface area contributed by atoms with Crippen LogP contribution < -0.4 is 5.73 Å². The number of nitrogens with two attached hydrogens (primary N) is 1. The summed E-state index contributed by atoms with van der Waals surface area (Å²) in [4.78, 5) is 11.7. The summed E-state index contributed by atoms with van der Waals surface area (Å²) in [7, 11) is 1.57. The average molecular weight is 239 g/mol. The smallest absolute Gasteiger partial charge is 0.342 e. The zero-order valence-corrected chi connectivity index (χ0v) is 10.0. The van der Waals surface area contributed by atoms with Crippen molar-refractivity contribution in [2.75, 3.05) is 26.1 Å². The van der Waals surface area contributed by atoms with Gasteiger partial charge in [0.1, 0.15) is 0 Å². The van der Waals surface area contributed by atoms with Gasteiger partial charge in [0, 0.05) is 12.8 Å². The number of esters is 1. The molecule has 1 rings (SSSR count). The van der Waals surface area contributed by atoms with Crippen molar-refractivity contribution >= 4 is 11.7 Å². The van der Waals surface area contributed by atoms with E-state index >= 15 is 0 Å². The highest BCUT2D eigenvalue weighted by Crippen LogP contribution is 2.12. The van der Waals surface area contributed by atoms with E-state index in [9.17, 15) is 4.79 Å². The lowest BCUT2D eigenvalue weighted by atomic mass is 10.2. The molecule has 17 heavy (non-hydrogen) atoms. The lowest BCUT2D eigenvalue weighted by Gasteiger charge is -2.14. The van der Waals surface area contributed by atoms with Gasteiger partial charge in [-0.25, -0.2) is 4.79 Å². The van der Waals surface area contributed by atoms with Gasteiger partial charge in [-0.3, -0.25) is 0 Å². The maximum Gasteiger partial charge on any atom is 0.342 e. The topological polar surface area (TPSA) is 70.8 Å². The molecule has 94 valence electrons. The molecule has 0 heterocycles. The molecule has 0 radical (unpaired) electrons. The lowest BCUT2D eigenvalue weighted by Crippen LogP contribution is -2.20. The minimum Gasteiger partial charge on any atom is -0.432 e. The molecule has 0 fully saturated rings. The van der Waals surface area contributed by atoms with Crippen LogP contribution in [0.1, 0.15) is 17.3 Å². The molecule has 5 heteroatoms. The second-order valence-corrected chi connectivity index (χ2v) is 3.42. The summed E-state index contributed by atoms with van der Waals surface area (Å²) in [6, 6.07) is 6.74. The van der Waals surface area contributed by atoms with Gasteiger partial charge in [0.2, 0.25) is 6.29 Å². The number of carbonyl (C=O) groups is 1. The molecule has 0 aliphatic rings. The molecule has 0 bridgehead atoms. The van der Waals surface area contributed by atoms with Gasteiger partial charge >= 0.3 is 5.97 Å². The van der Waals surface area contributed by atoms with Crippen LogP contribution in [0.5, 0.6) is 0 Å². The first-order valence-electron chi connectivity index (χ1n) is 5.31. The summed E-state index contributed by atoms with van der Waals surface area (Å²) in [6.07, 6.45) is -0.628. The van der Waals surface area contributed by atoms with E-state index in [-0.39, 0.29) is 0 Å². The third kappa shape index (κ3) is 4.42. The number of hydrogen-bond acceptors (Lipinski definition) is 5. The van der Waals surface area contributed by atoms with Gasteiger partial charge in [-0.15, -0.1) is 0 Å². The molecule has 1 atom stereocenters. The Hall–Kier alpha value is -1.59. The summed E-state index contributed by atoms with van der Waals surface area (Å²) in [5.74, 6) is -0.493. The molecular weight excluding hydrogens is 222 g/mol. The van der Waals surface area contributed by atoms with Crippen molar-refractivity contribution in [3.05, 3.63) is 29.8 Å². The zero-order chi connectivity index (χ0) is 12.7. The van der Waals surface area contributed by atoms with Crippen molar-refractivity contribution in [3.63, 3.8) is 0 Å². The molecule has 2 N–H and O–H groups in total. The highest BCUT2D eigenvalue weighted by atomic mass is 16.7. The molecule has 0 saturated heterocycles. The van der Waals surface area contributed by atoms with Crippen molar-refractivity contribution < 1.29 is 19.0 Å². The van der Waals surface area contributed by atoms with Crippen molar-refractivity contribution in [1.82, 2.24) is 0 Å². The van der Waals surface area contributed by atoms with Crippen LogP contribution in [0.4, 0.5) is 5.69 Å². The Bertz CT molecular complexity index is 367. The third-order valence-electron chi connectivity index (χ3n) is 2.09. The van der Waals surface area contributed by atoms with Crippen molar-refractivity contribution in [1.29, 1.82) is 0 Å². The van der Waals surface area contributed by atoms with Gasteiger partial charge < -0.3 is 19.9 Å². The van der Waals surface area contributed by atoms with Crippen LogP contribution in [-0.4, -0.2) is 32.6 Å². The molecule has 0 aliphatic heterocycles. The van der Waals surface area contributed by atoms with Crippen LogP contribution >= 0.6 is 0 Å². The third-order valence-corrected chi connectivity index (χ3v) is 2.09. The Labute approximate surface area is 100 Å². The van der Waals surface area contributed by atoms with Crippen molar-refractivity contribution in [3.8, 4) is 0 Å². The Morgan fingerprint density at radius 2 is 2.06 bits per heavy atom. The van der Waals surface area contributed by atoms with Gasteiger partial charge in [-0.2, -0.15) is 0 Å². The number of anilines is 1. The summed E-state index contributed by atoms with van der Waals surface area (Å²) in [5, 5.41) is 0. The summed E-state index contributed by atoms with van der Waals surface area (Å²) in [6.45, 7) is 2.47. The van der Waals surface area contributed by atoms with Gasteiger partial charge in [-0.1, -0.05) is 12.1 Å². The van der Waals surface area contributed by atoms with E-state index in [0.29, 0.717) is 24.5 Å². The maximum atomic E-state index is 11.7. The van der Waals surface area contributed by atoms with Crippen LogP contribution in [0.25, 0.3) is 0 Å². The summed E-state index contributed by atoms with van der Waals surface area (Å²) < 4.78 is 15.1. The summed E-state index contributed by atoms with van der Waals surface area (Å²) in [5.41, 5.74) is 6.39. The van der Waals surface area contributed by atoms with Gasteiger partial charge in [-0.05, 0) is 19.1 Å². The fraction of sp³-hybridized carbons (Fsp3) is 0.417. The van der Waals surface area contributed by atoms with E-state index in [1.54, 1.807) is 38.3 Å². The van der Waals surface area contributed by atoms with Crippen LogP contribution in [0.2, 0.25) is 0 Å². The van der Waals surface area contributed by atoms with E-state index < -0.39 is 12.3 Å². The minimum atomic E-state index is -0.628. The Morgan fingerprint density at radius 3 is 2.71 bits per heavy atom. The maximum absolute atomic E-state index is 11.7. The second kappa shape index (κ2) is 6.88. The first kappa shape index (κ1) is 13.5. The molecule has 0 amide bonds. The average Bonchev–Trinajstić information content (AvgIpc) is 2.29. The molecule has 1 aromatic rings. The molecule has 0 spiro atoms. The molecular formula is C12H17NO4. The first-order valence-corrected chi connectivity index (χ1v) is 5.31. The Kier molecular flexibility index (Phi) is 5.45. The standard InChI is InChI=1S/C12H17NO4/c1-9(16-8-7-15-2)17-12(14)10-5-3-4-6-11(10)13/h3-6,9H,7-8,13H2,1-2H3. The number of nitrogen functional groups attached to an aromatic ring is 1. The van der Waals surface area contributed by atoms with E-state index in [4.69, 9.17) is 19.9 Å². The van der Waals surface area contributed by atoms with Crippen LogP contribution in [0.3, 0.4) is 0 Å². The summed E-state index contributed by atoms with van der Waals surface area (Å²) >= 11 is 0. The molecule has 0 aromatic heterocycles. The van der Waals surface area contributed by atoms with Gasteiger partial charge in [0.25, 0.3) is 0 Å². The predicted molar refractivity (Wildman–Crippen MR) is 63.6 cm³/mol. The number of carbonyl (C=O) groups excluding carboxylic acids is 1. The monoisotopic (exact) mass is 239 g/mol. The Balaban J connectivity index is 2.46. The van der Waals surface area contributed by atoms with Crippen molar-refractivity contribution in [2.24, 2.45) is 0 Å². The number of methoxy groups -OCH3 is 1. The largest absolute Gasteiger partial charge is 0.432 e. The lowest BCUT2D eigenvalue weighted by molar-refractivity contribution is -0.107. The quantitative estimate of drug-likeness (QED) is 0.352. The fourth-order valence-corrected chi connectivity index (χ4v) is 1.23. The number of ether oxygens (including phenoxy) is 3. The van der Waals surface area contributed by atoms with E-state index in [2.05, 4.69) is 0 Å². The molecule has 5 nitrogen and oxygen atoms in total. The van der Waals surface area contributed by atoms with Crippen LogP contribution in [0.15, 0.2) is 24.3 Å². The molecule has 1 aromatic carbocycles. The predicted octanol–water partition coefficient (Wildman–Crippen LogP) is 1.43. The highest BCUT2D eigenvalue weighted by molar-refractivity contribution is 5.94. The number of rotatable bonds is 6.